The van der Waals surface area contributed by atoms with Gasteiger partial charge in [-0.15, -0.1) is 23.1 Å². The Morgan fingerprint density at radius 2 is 2.06 bits per heavy atom. The number of hydrogen-bond donors (Lipinski definition) is 0. The molecule has 3 nitrogen and oxygen atoms in total. The number of amides is 2. The molecule has 0 saturated carbocycles. The fourth-order valence-electron chi connectivity index (χ4n) is 1.82. The molecular formula is C13H15NO2S2. The van der Waals surface area contributed by atoms with Crippen molar-refractivity contribution in [1.82, 2.24) is 4.90 Å². The van der Waals surface area contributed by atoms with Crippen molar-refractivity contribution in [3.8, 4) is 0 Å². The molecule has 2 rings (SSSR count). The number of rotatable bonds is 4. The van der Waals surface area contributed by atoms with Crippen molar-refractivity contribution >= 4 is 40.5 Å². The highest BCUT2D eigenvalue weighted by Gasteiger charge is 2.38. The van der Waals surface area contributed by atoms with Crippen molar-refractivity contribution in [2.45, 2.75) is 26.0 Å². The summed E-state index contributed by atoms with van der Waals surface area (Å²) in [7, 11) is 0. The van der Waals surface area contributed by atoms with Gasteiger partial charge in [0.25, 0.3) is 11.8 Å². The van der Waals surface area contributed by atoms with E-state index in [-0.39, 0.29) is 17.1 Å². The highest BCUT2D eigenvalue weighted by molar-refractivity contribution is 8.04. The summed E-state index contributed by atoms with van der Waals surface area (Å²) in [6, 6.07) is 3.79. The number of nitrogens with zero attached hydrogens (tertiary/aromatic N) is 1. The predicted octanol–water partition coefficient (Wildman–Crippen LogP) is 2.99. The number of thiophene rings is 1. The van der Waals surface area contributed by atoms with E-state index in [1.165, 1.54) is 28.0 Å². The number of likely N-dealkylation sites (N-methyl/N-ethyl adjacent to an activating group) is 1. The van der Waals surface area contributed by atoms with E-state index >= 15 is 0 Å². The summed E-state index contributed by atoms with van der Waals surface area (Å²) >= 11 is 2.97. The lowest BCUT2D eigenvalue weighted by Gasteiger charge is -2.11. The summed E-state index contributed by atoms with van der Waals surface area (Å²) in [5.74, 6) is -0.308. The molecule has 96 valence electrons. The van der Waals surface area contributed by atoms with Crippen LogP contribution in [0.2, 0.25) is 0 Å². The lowest BCUT2D eigenvalue weighted by atomic mass is 10.2. The van der Waals surface area contributed by atoms with E-state index in [0.29, 0.717) is 17.0 Å². The smallest absolute Gasteiger partial charge is 0.268 e. The number of carbonyl (C=O) groups excluding carboxylic acids is 2. The van der Waals surface area contributed by atoms with Crippen molar-refractivity contribution in [2.24, 2.45) is 0 Å². The third-order valence-corrected chi connectivity index (χ3v) is 4.54. The zero-order valence-electron chi connectivity index (χ0n) is 10.6. The van der Waals surface area contributed by atoms with E-state index in [0.717, 1.165) is 4.88 Å². The van der Waals surface area contributed by atoms with Gasteiger partial charge in [-0.3, -0.25) is 14.5 Å². The van der Waals surface area contributed by atoms with E-state index in [2.05, 4.69) is 0 Å². The summed E-state index contributed by atoms with van der Waals surface area (Å²) in [5, 5.41) is 2.20. The van der Waals surface area contributed by atoms with Gasteiger partial charge < -0.3 is 0 Å². The fraction of sp³-hybridized carbons (Fsp3) is 0.385. The second kappa shape index (κ2) is 5.28. The summed E-state index contributed by atoms with van der Waals surface area (Å²) in [4.78, 5) is 27.3. The van der Waals surface area contributed by atoms with Crippen LogP contribution < -0.4 is 0 Å². The van der Waals surface area contributed by atoms with Crippen LogP contribution in [-0.4, -0.2) is 28.5 Å². The maximum Gasteiger partial charge on any atom is 0.268 e. The van der Waals surface area contributed by atoms with E-state index in [1.807, 2.05) is 38.3 Å². The Bertz CT molecular complexity index is 503. The zero-order valence-corrected chi connectivity index (χ0v) is 12.2. The first-order valence-electron chi connectivity index (χ1n) is 5.87. The number of carbonyl (C=O) groups is 2. The normalized spacial score (nSPS) is 16.3. The Morgan fingerprint density at radius 1 is 1.33 bits per heavy atom. The molecule has 0 aliphatic carbocycles. The van der Waals surface area contributed by atoms with Crippen LogP contribution in [0.3, 0.4) is 0 Å². The molecule has 0 aromatic carbocycles. The monoisotopic (exact) mass is 281 g/mol. The van der Waals surface area contributed by atoms with Gasteiger partial charge in [-0.2, -0.15) is 0 Å². The second-order valence-electron chi connectivity index (χ2n) is 4.20. The molecule has 0 atom stereocenters. The van der Waals surface area contributed by atoms with Crippen molar-refractivity contribution in [2.75, 3.05) is 6.54 Å². The molecule has 18 heavy (non-hydrogen) atoms. The van der Waals surface area contributed by atoms with E-state index < -0.39 is 0 Å². The molecule has 0 bridgehead atoms. The van der Waals surface area contributed by atoms with Crippen LogP contribution in [0.5, 0.6) is 0 Å². The van der Waals surface area contributed by atoms with E-state index in [4.69, 9.17) is 0 Å². The van der Waals surface area contributed by atoms with Gasteiger partial charge >= 0.3 is 0 Å². The molecular weight excluding hydrogens is 266 g/mol. The molecule has 0 radical (unpaired) electrons. The molecule has 0 N–H and O–H groups in total. The molecule has 1 aliphatic rings. The second-order valence-corrected chi connectivity index (χ2v) is 6.74. The quantitative estimate of drug-likeness (QED) is 0.796. The summed E-state index contributed by atoms with van der Waals surface area (Å²) in [6.45, 7) is 6.30. The minimum absolute atomic E-state index is 0.149. The van der Waals surface area contributed by atoms with E-state index in [1.54, 1.807) is 0 Å². The molecule has 1 aromatic heterocycles. The Kier molecular flexibility index (Phi) is 3.92. The summed E-state index contributed by atoms with van der Waals surface area (Å²) in [6.07, 6.45) is 0. The van der Waals surface area contributed by atoms with Crippen LogP contribution in [0.15, 0.2) is 22.4 Å². The minimum Gasteiger partial charge on any atom is -0.274 e. The Hall–Kier alpha value is -1.07. The number of imide groups is 1. The average Bonchev–Trinajstić information content (AvgIpc) is 2.88. The van der Waals surface area contributed by atoms with Crippen LogP contribution in [-0.2, 0) is 9.59 Å². The van der Waals surface area contributed by atoms with Crippen molar-refractivity contribution in [3.63, 3.8) is 0 Å². The highest BCUT2D eigenvalue weighted by Crippen LogP contribution is 2.38. The molecule has 1 aliphatic heterocycles. The highest BCUT2D eigenvalue weighted by atomic mass is 32.2. The van der Waals surface area contributed by atoms with Crippen molar-refractivity contribution in [3.05, 3.63) is 27.3 Å². The van der Waals surface area contributed by atoms with Gasteiger partial charge in [0.15, 0.2) is 0 Å². The van der Waals surface area contributed by atoms with Gasteiger partial charge in [-0.25, -0.2) is 0 Å². The molecule has 2 amide bonds. The zero-order chi connectivity index (χ0) is 13.3. The molecule has 0 unspecified atom stereocenters. The maximum atomic E-state index is 12.3. The summed E-state index contributed by atoms with van der Waals surface area (Å²) < 4.78 is 0. The number of thioether (sulfide) groups is 1. The molecule has 0 saturated heterocycles. The standard InChI is InChI=1S/C13H15NO2S2/c1-4-14-12(15)10(9-6-5-7-17-9)11(13(14)16)18-8(2)3/h5-8H,4H2,1-3H3. The molecule has 5 heteroatoms. The van der Waals surface area contributed by atoms with Gasteiger partial charge in [0, 0.05) is 16.7 Å². The first kappa shape index (κ1) is 13.4. The van der Waals surface area contributed by atoms with Gasteiger partial charge in [0.2, 0.25) is 0 Å². The summed E-state index contributed by atoms with van der Waals surface area (Å²) in [5.41, 5.74) is 0.579. The van der Waals surface area contributed by atoms with E-state index in [9.17, 15) is 9.59 Å². The Balaban J connectivity index is 2.49. The van der Waals surface area contributed by atoms with Crippen LogP contribution in [0, 0.1) is 0 Å². The number of hydrogen-bond acceptors (Lipinski definition) is 4. The van der Waals surface area contributed by atoms with Gasteiger partial charge in [-0.1, -0.05) is 19.9 Å². The first-order chi connectivity index (χ1) is 8.56. The first-order valence-corrected chi connectivity index (χ1v) is 7.63. The lowest BCUT2D eigenvalue weighted by Crippen LogP contribution is -2.31. The molecule has 0 spiro atoms. The third-order valence-electron chi connectivity index (χ3n) is 2.56. The fourth-order valence-corrected chi connectivity index (χ4v) is 3.65. The maximum absolute atomic E-state index is 12.3. The van der Waals surface area contributed by atoms with Crippen LogP contribution in [0.25, 0.3) is 5.57 Å². The molecule has 1 aromatic rings. The largest absolute Gasteiger partial charge is 0.274 e. The lowest BCUT2D eigenvalue weighted by molar-refractivity contribution is -0.136. The minimum atomic E-state index is -0.159. The third kappa shape index (κ3) is 2.24. The molecule has 0 fully saturated rings. The Labute approximate surface area is 115 Å². The van der Waals surface area contributed by atoms with Gasteiger partial charge in [-0.05, 0) is 18.4 Å². The average molecular weight is 281 g/mol. The van der Waals surface area contributed by atoms with Crippen LogP contribution in [0.1, 0.15) is 25.6 Å². The topological polar surface area (TPSA) is 37.4 Å². The predicted molar refractivity (Wildman–Crippen MR) is 76.4 cm³/mol. The van der Waals surface area contributed by atoms with Gasteiger partial charge in [0.1, 0.15) is 0 Å². The van der Waals surface area contributed by atoms with Crippen LogP contribution in [0.4, 0.5) is 0 Å². The van der Waals surface area contributed by atoms with Gasteiger partial charge in [0.05, 0.1) is 10.5 Å². The van der Waals surface area contributed by atoms with Crippen LogP contribution >= 0.6 is 23.1 Å². The van der Waals surface area contributed by atoms with Crippen molar-refractivity contribution in [1.29, 1.82) is 0 Å². The van der Waals surface area contributed by atoms with Crippen molar-refractivity contribution < 1.29 is 9.59 Å². The SMILES string of the molecule is CCN1C(=O)C(SC(C)C)=C(c2cccs2)C1=O. The molecule has 2 heterocycles. The Morgan fingerprint density at radius 3 is 2.56 bits per heavy atom.